The van der Waals surface area contributed by atoms with Crippen LogP contribution in [0.4, 0.5) is 5.82 Å². The van der Waals surface area contributed by atoms with Crippen LogP contribution >= 0.6 is 15.9 Å². The Hall–Kier alpha value is -4.14. The molecule has 2 aliphatic rings. The fraction of sp³-hybridized carbons (Fsp3) is 0.379. The van der Waals surface area contributed by atoms with Gasteiger partial charge in [-0.25, -0.2) is 15.0 Å². The highest BCUT2D eigenvalue weighted by Gasteiger charge is 2.71. The summed E-state index contributed by atoms with van der Waals surface area (Å²) < 4.78 is 1.85. The number of pyridine rings is 2. The molecule has 2 fully saturated rings. The van der Waals surface area contributed by atoms with Crippen molar-refractivity contribution in [2.45, 2.75) is 58.8 Å². The normalized spacial score (nSPS) is 22.5. The zero-order valence-corrected chi connectivity index (χ0v) is 25.5. The maximum absolute atomic E-state index is 13.9. The molecule has 3 N–H and O–H groups in total. The van der Waals surface area contributed by atoms with Crippen molar-refractivity contribution in [1.29, 1.82) is 0 Å². The number of carbonyl (C=O) groups excluding carboxylic acids is 3. The lowest BCUT2D eigenvalue weighted by molar-refractivity contribution is -0.168. The van der Waals surface area contributed by atoms with E-state index in [1.54, 1.807) is 51.4 Å². The van der Waals surface area contributed by atoms with E-state index in [1.807, 2.05) is 6.92 Å². The number of nitrogens with zero attached hydrogens (tertiary/aromatic N) is 7. The number of rotatable bonds is 7. The zero-order chi connectivity index (χ0) is 30.8. The molecule has 14 heteroatoms. The van der Waals surface area contributed by atoms with E-state index in [2.05, 4.69) is 46.3 Å². The van der Waals surface area contributed by atoms with E-state index in [4.69, 9.17) is 0 Å². The van der Waals surface area contributed by atoms with Crippen LogP contribution in [0.5, 0.6) is 0 Å². The van der Waals surface area contributed by atoms with Gasteiger partial charge >= 0.3 is 0 Å². The molecule has 1 saturated heterocycles. The smallest absolute Gasteiger partial charge is 0.278 e. The van der Waals surface area contributed by atoms with Gasteiger partial charge in [-0.3, -0.25) is 24.0 Å². The molecule has 1 aliphatic carbocycles. The van der Waals surface area contributed by atoms with Crippen LogP contribution in [-0.4, -0.2) is 80.8 Å². The highest BCUT2D eigenvalue weighted by atomic mass is 79.9. The van der Waals surface area contributed by atoms with Gasteiger partial charge in [-0.05, 0) is 66.2 Å². The van der Waals surface area contributed by atoms with Gasteiger partial charge in [0.25, 0.3) is 5.91 Å². The second-order valence-corrected chi connectivity index (χ2v) is 12.3. The summed E-state index contributed by atoms with van der Waals surface area (Å²) in [5, 5.41) is 28.9. The molecule has 222 valence electrons. The summed E-state index contributed by atoms with van der Waals surface area (Å²) in [6, 6.07) is 4.81. The average Bonchev–Trinajstić information content (AvgIpc) is 3.33. The van der Waals surface area contributed by atoms with Crippen molar-refractivity contribution in [3.63, 3.8) is 0 Å². The van der Waals surface area contributed by atoms with Crippen LogP contribution in [0.1, 0.15) is 47.3 Å². The van der Waals surface area contributed by atoms with Crippen molar-refractivity contribution in [2.24, 2.45) is 5.41 Å². The molecule has 0 spiro atoms. The van der Waals surface area contributed by atoms with Crippen molar-refractivity contribution in [3.8, 4) is 11.3 Å². The monoisotopic (exact) mass is 648 g/mol. The van der Waals surface area contributed by atoms with E-state index >= 15 is 0 Å². The third kappa shape index (κ3) is 4.88. The number of halogens is 1. The van der Waals surface area contributed by atoms with Gasteiger partial charge in [-0.2, -0.15) is 5.10 Å². The summed E-state index contributed by atoms with van der Waals surface area (Å²) in [4.78, 5) is 58.8. The number of aliphatic hydroxyl groups excluding tert-OH is 1. The van der Waals surface area contributed by atoms with Crippen molar-refractivity contribution < 1.29 is 24.6 Å². The fourth-order valence-corrected chi connectivity index (χ4v) is 6.27. The number of ketones is 1. The molecule has 0 aromatic carbocycles. The zero-order valence-electron chi connectivity index (χ0n) is 23.9. The predicted octanol–water partition coefficient (Wildman–Crippen LogP) is 2.48. The Morgan fingerprint density at radius 2 is 1.86 bits per heavy atom. The minimum atomic E-state index is -2.12. The maximum Gasteiger partial charge on any atom is 0.278 e. The summed E-state index contributed by atoms with van der Waals surface area (Å²) in [7, 11) is 0. The van der Waals surface area contributed by atoms with E-state index in [0.29, 0.717) is 50.3 Å². The first-order valence-corrected chi connectivity index (χ1v) is 14.4. The molecule has 1 aliphatic heterocycles. The fourth-order valence-electron chi connectivity index (χ4n) is 5.96. The number of anilines is 1. The quantitative estimate of drug-likeness (QED) is 0.199. The molecular formula is C29H29BrN8O5. The Bertz CT molecular complexity index is 1830. The van der Waals surface area contributed by atoms with Crippen LogP contribution in [0.3, 0.4) is 0 Å². The maximum atomic E-state index is 13.9. The number of amides is 2. The molecule has 0 radical (unpaired) electrons. The molecule has 13 nitrogen and oxygen atoms in total. The van der Waals surface area contributed by atoms with Crippen LogP contribution in [0.15, 0.2) is 35.2 Å². The number of hydrogen-bond donors (Lipinski definition) is 3. The van der Waals surface area contributed by atoms with Gasteiger partial charge in [-0.15, -0.1) is 0 Å². The molecule has 1 saturated carbocycles. The number of Topliss-reactive ketones (excluding diaryl/α,β-unsaturated/α-hetero) is 1. The molecular weight excluding hydrogens is 620 g/mol. The molecule has 2 amide bonds. The molecule has 4 aromatic rings. The van der Waals surface area contributed by atoms with Gasteiger partial charge in [0.2, 0.25) is 17.4 Å². The predicted molar refractivity (Wildman–Crippen MR) is 158 cm³/mol. The summed E-state index contributed by atoms with van der Waals surface area (Å²) in [5.74, 6) is -1.07. The van der Waals surface area contributed by atoms with Gasteiger partial charge in [-0.1, -0.05) is 13.0 Å². The van der Waals surface area contributed by atoms with Crippen LogP contribution in [0, 0.1) is 26.2 Å². The average molecular weight is 650 g/mol. The Kier molecular flexibility index (Phi) is 6.90. The van der Waals surface area contributed by atoms with Gasteiger partial charge in [0.05, 0.1) is 16.9 Å². The number of fused-ring (bicyclic) bond motifs is 2. The minimum absolute atomic E-state index is 0.0213. The van der Waals surface area contributed by atoms with Crippen molar-refractivity contribution in [1.82, 2.24) is 34.6 Å². The number of piperidine rings is 1. The first kappa shape index (κ1) is 29.0. The summed E-state index contributed by atoms with van der Waals surface area (Å²) in [6.07, 6.45) is 3.94. The molecule has 3 atom stereocenters. The van der Waals surface area contributed by atoms with E-state index in [1.165, 1.54) is 9.58 Å². The molecule has 0 bridgehead atoms. The molecule has 0 unspecified atom stereocenters. The number of aromatic nitrogens is 6. The number of aryl methyl sites for hydroxylation is 3. The summed E-state index contributed by atoms with van der Waals surface area (Å²) >= 11 is 3.29. The highest BCUT2D eigenvalue weighted by Crippen LogP contribution is 2.62. The van der Waals surface area contributed by atoms with Crippen molar-refractivity contribution >= 4 is 50.2 Å². The van der Waals surface area contributed by atoms with Gasteiger partial charge < -0.3 is 20.4 Å². The molecule has 4 aromatic heterocycles. The van der Waals surface area contributed by atoms with E-state index in [0.717, 1.165) is 0 Å². The second kappa shape index (κ2) is 10.2. The Morgan fingerprint density at radius 1 is 1.14 bits per heavy atom. The number of hydrogen-bond acceptors (Lipinski definition) is 10. The highest BCUT2D eigenvalue weighted by molar-refractivity contribution is 9.10. The topological polar surface area (TPSA) is 176 Å². The van der Waals surface area contributed by atoms with E-state index in [-0.39, 0.29) is 30.5 Å². The molecule has 6 rings (SSSR count). The third-order valence-corrected chi connectivity index (χ3v) is 8.70. The van der Waals surface area contributed by atoms with Gasteiger partial charge in [0.1, 0.15) is 35.1 Å². The number of nitrogens with one attached hydrogen (secondary N) is 1. The lowest BCUT2D eigenvalue weighted by atomic mass is 9.98. The number of likely N-dealkylation sites (tertiary alicyclic amines) is 1. The minimum Gasteiger partial charge on any atom is -0.388 e. The van der Waals surface area contributed by atoms with Crippen molar-refractivity contribution in [2.75, 3.05) is 11.9 Å². The Balaban J connectivity index is 1.36. The lowest BCUT2D eigenvalue weighted by Gasteiger charge is -2.35. The Morgan fingerprint density at radius 3 is 2.56 bits per heavy atom. The van der Waals surface area contributed by atoms with Crippen LogP contribution in [-0.2, 0) is 16.1 Å². The summed E-state index contributed by atoms with van der Waals surface area (Å²) in [5.41, 5.74) is 0.145. The van der Waals surface area contributed by atoms with Crippen LogP contribution < -0.4 is 5.32 Å². The first-order valence-electron chi connectivity index (χ1n) is 13.6. The Labute approximate surface area is 254 Å². The number of aliphatic hydroxyl groups is 2. The largest absolute Gasteiger partial charge is 0.388 e. The van der Waals surface area contributed by atoms with Crippen LogP contribution in [0.2, 0.25) is 0 Å². The van der Waals surface area contributed by atoms with Crippen LogP contribution in [0.25, 0.3) is 22.2 Å². The van der Waals surface area contributed by atoms with Gasteiger partial charge in [0.15, 0.2) is 0 Å². The third-order valence-electron chi connectivity index (χ3n) is 8.26. The number of carbonyl (C=O) groups is 3. The van der Waals surface area contributed by atoms with E-state index in [9.17, 15) is 24.6 Å². The molecule has 5 heterocycles. The lowest BCUT2D eigenvalue weighted by Crippen LogP contribution is -2.58. The van der Waals surface area contributed by atoms with Crippen molar-refractivity contribution in [3.05, 3.63) is 58.0 Å². The molecule has 43 heavy (non-hydrogen) atoms. The van der Waals surface area contributed by atoms with Gasteiger partial charge in [0, 0.05) is 35.8 Å². The first-order chi connectivity index (χ1) is 20.3. The summed E-state index contributed by atoms with van der Waals surface area (Å²) in [6.45, 7) is 6.04. The second-order valence-electron chi connectivity index (χ2n) is 11.5. The SMILES string of the molecule is Cc1ncc(-c2cc3c(C(=O)CO)nn(CC(=O)N4[C@@H]5C[C@]5(C)C[C@@]4(O)C(=O)Nc4nc(Br)ccc4C)c3c(C)n2)cn1. The van der Waals surface area contributed by atoms with E-state index < -0.39 is 35.3 Å². The standard InChI is InChI=1S/C29H29BrN8O5/c1-14-5-6-22(30)34-26(14)35-27(42)29(43)13-28(4)8-21(28)38(29)23(41)11-37-25-15(2)33-19(17-9-31-16(3)32-10-17)7-18(25)24(36-37)20(40)12-39/h5-7,9-10,21,39,43H,8,11-13H2,1-4H3,(H,34,35,42)/t21-,28-,29-/m1/s1.